The Morgan fingerprint density at radius 2 is 2.31 bits per heavy atom. The van der Waals surface area contributed by atoms with Crippen LogP contribution in [0.4, 0.5) is 0 Å². The maximum Gasteiger partial charge on any atom is 0.304 e. The fourth-order valence-corrected chi connectivity index (χ4v) is 2.06. The monoisotopic (exact) mass is 248 g/mol. The van der Waals surface area contributed by atoms with Gasteiger partial charge in [0.15, 0.2) is 5.76 Å². The molecule has 0 aliphatic heterocycles. The van der Waals surface area contributed by atoms with Crippen molar-refractivity contribution < 1.29 is 22.8 Å². The maximum absolute atomic E-state index is 11.4. The number of aliphatic carboxylic acids is 1. The number of hydrogen-bond acceptors (Lipinski definition) is 5. The Balaban J connectivity index is 2.49. The molecule has 0 saturated heterocycles. The molecule has 1 heterocycles. The molecule has 0 saturated carbocycles. The van der Waals surface area contributed by atoms with E-state index in [4.69, 9.17) is 9.63 Å². The van der Waals surface area contributed by atoms with Gasteiger partial charge < -0.3 is 9.63 Å². The Labute approximate surface area is 92.5 Å². The zero-order valence-corrected chi connectivity index (χ0v) is 9.45. The molecule has 0 fully saturated rings. The summed E-state index contributed by atoms with van der Waals surface area (Å²) in [6.07, 6.45) is -0.255. The van der Waals surface area contributed by atoms with Crippen LogP contribution in [0.2, 0.25) is 0 Å². The zero-order valence-electron chi connectivity index (χ0n) is 8.63. The number of carboxylic acids is 1. The molecule has 16 heavy (non-hydrogen) atoms. The number of carbonyl (C=O) groups is 1. The smallest absolute Gasteiger partial charge is 0.304 e. The second-order valence-corrected chi connectivity index (χ2v) is 5.04. The highest BCUT2D eigenvalue weighted by Crippen LogP contribution is 2.06. The third-order valence-corrected chi connectivity index (χ3v) is 2.98. The van der Waals surface area contributed by atoms with Crippen molar-refractivity contribution in [3.8, 4) is 0 Å². The minimum Gasteiger partial charge on any atom is -0.481 e. The van der Waals surface area contributed by atoms with Crippen LogP contribution in [0.5, 0.6) is 0 Å². The number of rotatable bonds is 6. The summed E-state index contributed by atoms with van der Waals surface area (Å²) in [7, 11) is -3.56. The second-order valence-electron chi connectivity index (χ2n) is 3.23. The summed E-state index contributed by atoms with van der Waals surface area (Å²) in [5.74, 6) is -1.17. The van der Waals surface area contributed by atoms with Crippen molar-refractivity contribution in [1.82, 2.24) is 9.88 Å². The number of hydrogen-bond donors (Lipinski definition) is 2. The minimum absolute atomic E-state index is 0.134. The molecule has 2 N–H and O–H groups in total. The third-order valence-electron chi connectivity index (χ3n) is 1.67. The SMILES string of the molecule is Cc1cc(CS(=O)(=O)NCCC(=O)O)on1. The van der Waals surface area contributed by atoms with Crippen molar-refractivity contribution in [2.45, 2.75) is 19.1 Å². The molecule has 0 amide bonds. The highest BCUT2D eigenvalue weighted by Gasteiger charge is 2.14. The van der Waals surface area contributed by atoms with Gasteiger partial charge in [0.2, 0.25) is 10.0 Å². The average molecular weight is 248 g/mol. The fraction of sp³-hybridized carbons (Fsp3) is 0.500. The molecule has 1 aromatic heterocycles. The van der Waals surface area contributed by atoms with Crippen LogP contribution in [-0.2, 0) is 20.6 Å². The number of carboxylic acid groups (broad SMARTS) is 1. The van der Waals surface area contributed by atoms with Crippen molar-refractivity contribution in [3.05, 3.63) is 17.5 Å². The Morgan fingerprint density at radius 1 is 1.62 bits per heavy atom. The van der Waals surface area contributed by atoms with Crippen LogP contribution in [0, 0.1) is 6.92 Å². The van der Waals surface area contributed by atoms with Crippen molar-refractivity contribution in [2.75, 3.05) is 6.54 Å². The van der Waals surface area contributed by atoms with Crippen LogP contribution in [0.15, 0.2) is 10.6 Å². The van der Waals surface area contributed by atoms with Gasteiger partial charge in [-0.25, -0.2) is 13.1 Å². The summed E-state index contributed by atoms with van der Waals surface area (Å²) < 4.78 is 29.7. The third kappa shape index (κ3) is 4.41. The van der Waals surface area contributed by atoms with E-state index in [1.165, 1.54) is 6.07 Å². The van der Waals surface area contributed by atoms with Crippen molar-refractivity contribution >= 4 is 16.0 Å². The highest BCUT2D eigenvalue weighted by atomic mass is 32.2. The van der Waals surface area contributed by atoms with Crippen molar-refractivity contribution in [1.29, 1.82) is 0 Å². The Kier molecular flexibility index (Phi) is 4.02. The molecule has 0 bridgehead atoms. The second kappa shape index (κ2) is 5.08. The largest absolute Gasteiger partial charge is 0.481 e. The van der Waals surface area contributed by atoms with E-state index in [0.717, 1.165) is 0 Å². The molecular formula is C8H12N2O5S. The van der Waals surface area contributed by atoms with Gasteiger partial charge >= 0.3 is 5.97 Å². The lowest BCUT2D eigenvalue weighted by atomic mass is 10.4. The van der Waals surface area contributed by atoms with Crippen LogP contribution >= 0.6 is 0 Å². The van der Waals surface area contributed by atoms with E-state index >= 15 is 0 Å². The molecule has 0 aromatic carbocycles. The predicted octanol–water partition coefficient (Wildman–Crippen LogP) is -0.123. The first-order valence-electron chi connectivity index (χ1n) is 4.50. The first kappa shape index (κ1) is 12.7. The van der Waals surface area contributed by atoms with Crippen LogP contribution < -0.4 is 4.72 Å². The van der Waals surface area contributed by atoms with Gasteiger partial charge in [0.1, 0.15) is 5.75 Å². The number of nitrogens with zero attached hydrogens (tertiary/aromatic N) is 1. The minimum atomic E-state index is -3.56. The van der Waals surface area contributed by atoms with E-state index in [-0.39, 0.29) is 24.5 Å². The summed E-state index contributed by atoms with van der Waals surface area (Å²) in [5.41, 5.74) is 0.593. The molecule has 0 unspecified atom stereocenters. The van der Waals surface area contributed by atoms with Crippen molar-refractivity contribution in [3.63, 3.8) is 0 Å². The van der Waals surface area contributed by atoms with Crippen LogP contribution in [0.3, 0.4) is 0 Å². The van der Waals surface area contributed by atoms with Crippen LogP contribution in [-0.4, -0.2) is 31.2 Å². The predicted molar refractivity (Wildman–Crippen MR) is 54.1 cm³/mol. The summed E-state index contributed by atoms with van der Waals surface area (Å²) in [4.78, 5) is 10.2. The molecule has 1 rings (SSSR count). The van der Waals surface area contributed by atoms with Gasteiger partial charge in [0.25, 0.3) is 0 Å². The topological polar surface area (TPSA) is 110 Å². The summed E-state index contributed by atoms with van der Waals surface area (Å²) in [6.45, 7) is 1.54. The number of aryl methyl sites for hydroxylation is 1. The van der Waals surface area contributed by atoms with E-state index < -0.39 is 16.0 Å². The number of nitrogens with one attached hydrogen (secondary N) is 1. The van der Waals surface area contributed by atoms with Gasteiger partial charge in [-0.2, -0.15) is 0 Å². The van der Waals surface area contributed by atoms with Gasteiger partial charge in [-0.3, -0.25) is 4.79 Å². The molecule has 0 aliphatic rings. The van der Waals surface area contributed by atoms with Crippen molar-refractivity contribution in [2.24, 2.45) is 0 Å². The van der Waals surface area contributed by atoms with Gasteiger partial charge in [-0.05, 0) is 6.92 Å². The van der Waals surface area contributed by atoms with Gasteiger partial charge in [-0.1, -0.05) is 5.16 Å². The first-order valence-corrected chi connectivity index (χ1v) is 6.15. The van der Waals surface area contributed by atoms with Gasteiger partial charge in [0.05, 0.1) is 12.1 Å². The van der Waals surface area contributed by atoms with Gasteiger partial charge in [0, 0.05) is 12.6 Å². The Hall–Kier alpha value is -1.41. The molecule has 0 spiro atoms. The molecule has 1 aromatic rings. The maximum atomic E-state index is 11.4. The van der Waals surface area contributed by atoms with E-state index in [2.05, 4.69) is 9.88 Å². The average Bonchev–Trinajstić information content (AvgIpc) is 2.48. The molecule has 0 atom stereocenters. The lowest BCUT2D eigenvalue weighted by molar-refractivity contribution is -0.136. The standard InChI is InChI=1S/C8H12N2O5S/c1-6-4-7(15-10-6)5-16(13,14)9-3-2-8(11)12/h4,9H,2-3,5H2,1H3,(H,11,12). The Bertz CT molecular complexity index is 465. The molecule has 90 valence electrons. The summed E-state index contributed by atoms with van der Waals surface area (Å²) >= 11 is 0. The summed E-state index contributed by atoms with van der Waals surface area (Å²) in [6, 6.07) is 1.51. The lowest BCUT2D eigenvalue weighted by Gasteiger charge is -2.02. The van der Waals surface area contributed by atoms with Gasteiger partial charge in [-0.15, -0.1) is 0 Å². The summed E-state index contributed by atoms with van der Waals surface area (Å²) in [5, 5.41) is 11.9. The van der Waals surface area contributed by atoms with Crippen LogP contribution in [0.1, 0.15) is 17.9 Å². The van der Waals surface area contributed by atoms with E-state index in [1.54, 1.807) is 6.92 Å². The Morgan fingerprint density at radius 3 is 2.81 bits per heavy atom. The van der Waals surface area contributed by atoms with E-state index in [9.17, 15) is 13.2 Å². The zero-order chi connectivity index (χ0) is 12.2. The molecular weight excluding hydrogens is 236 g/mol. The molecule has 0 radical (unpaired) electrons. The normalized spacial score (nSPS) is 11.6. The number of aromatic nitrogens is 1. The fourth-order valence-electron chi connectivity index (χ4n) is 1.04. The number of sulfonamides is 1. The lowest BCUT2D eigenvalue weighted by Crippen LogP contribution is -2.27. The molecule has 7 nitrogen and oxygen atoms in total. The highest BCUT2D eigenvalue weighted by molar-refractivity contribution is 7.88. The van der Waals surface area contributed by atoms with E-state index in [1.807, 2.05) is 0 Å². The molecule has 0 aliphatic carbocycles. The first-order chi connectivity index (χ1) is 7.39. The quantitative estimate of drug-likeness (QED) is 0.726. The van der Waals surface area contributed by atoms with Crippen LogP contribution in [0.25, 0.3) is 0 Å². The molecule has 8 heteroatoms. The van der Waals surface area contributed by atoms with E-state index in [0.29, 0.717) is 5.69 Å².